The van der Waals surface area contributed by atoms with Crippen LogP contribution < -0.4 is 10.6 Å². The fraction of sp³-hybridized carbons (Fsp3) is 0.133. The zero-order valence-corrected chi connectivity index (χ0v) is 10.3. The number of nitrogens with two attached hydrogens (primary N) is 1. The average molecular weight is 240 g/mol. The van der Waals surface area contributed by atoms with E-state index in [1.54, 1.807) is 11.9 Å². The van der Waals surface area contributed by atoms with Crippen molar-refractivity contribution >= 4 is 11.6 Å². The van der Waals surface area contributed by atoms with E-state index in [9.17, 15) is 4.79 Å². The van der Waals surface area contributed by atoms with Gasteiger partial charge in [-0.2, -0.15) is 0 Å². The summed E-state index contributed by atoms with van der Waals surface area (Å²) in [7, 11) is 1.77. The van der Waals surface area contributed by atoms with E-state index >= 15 is 0 Å². The van der Waals surface area contributed by atoms with Gasteiger partial charge in [-0.05, 0) is 29.8 Å². The number of carbonyl (C=O) groups excluding carboxylic acids is 1. The van der Waals surface area contributed by atoms with Crippen LogP contribution in [0.3, 0.4) is 0 Å². The molecule has 0 fully saturated rings. The molecule has 2 aromatic rings. The molecular weight excluding hydrogens is 224 g/mol. The predicted octanol–water partition coefficient (Wildman–Crippen LogP) is 2.42. The van der Waals surface area contributed by atoms with E-state index in [-0.39, 0.29) is 5.91 Å². The minimum atomic E-state index is -0.0175. The number of hydrogen-bond acceptors (Lipinski definition) is 2. The van der Waals surface area contributed by atoms with E-state index in [2.05, 4.69) is 0 Å². The molecule has 0 aliphatic carbocycles. The summed E-state index contributed by atoms with van der Waals surface area (Å²) in [6, 6.07) is 16.9. The lowest BCUT2D eigenvalue weighted by Gasteiger charge is -2.17. The molecule has 1 amide bonds. The molecule has 0 radical (unpaired) electrons. The Bertz CT molecular complexity index is 520. The van der Waals surface area contributed by atoms with Crippen molar-refractivity contribution in [1.82, 2.24) is 0 Å². The topological polar surface area (TPSA) is 46.3 Å². The molecule has 0 heterocycles. The molecular formula is C15H16N2O. The molecule has 2 rings (SSSR count). The average Bonchev–Trinajstić information content (AvgIpc) is 2.47. The first-order chi connectivity index (χ1) is 8.72. The van der Waals surface area contributed by atoms with Crippen LogP contribution in [0.2, 0.25) is 0 Å². The van der Waals surface area contributed by atoms with Crippen LogP contribution in [0.5, 0.6) is 0 Å². The number of anilines is 1. The van der Waals surface area contributed by atoms with E-state index < -0.39 is 0 Å². The van der Waals surface area contributed by atoms with E-state index in [4.69, 9.17) is 5.73 Å². The minimum absolute atomic E-state index is 0.0175. The Balaban J connectivity index is 2.20. The highest BCUT2D eigenvalue weighted by Crippen LogP contribution is 2.16. The molecule has 0 saturated carbocycles. The summed E-state index contributed by atoms with van der Waals surface area (Å²) in [6.45, 7) is 0.511. The van der Waals surface area contributed by atoms with Gasteiger partial charge in [0.15, 0.2) is 0 Å². The number of nitrogens with zero attached hydrogens (tertiary/aromatic N) is 1. The highest BCUT2D eigenvalue weighted by Gasteiger charge is 2.12. The van der Waals surface area contributed by atoms with Gasteiger partial charge in [0.05, 0.1) is 0 Å². The molecule has 3 heteroatoms. The molecule has 0 aliphatic heterocycles. The van der Waals surface area contributed by atoms with Gasteiger partial charge in [-0.3, -0.25) is 4.79 Å². The standard InChI is InChI=1S/C15H16N2O/c1-17(14-9-7-12(11-16)8-10-14)15(18)13-5-3-2-4-6-13/h2-10H,11,16H2,1H3. The van der Waals surface area contributed by atoms with Crippen molar-refractivity contribution in [3.63, 3.8) is 0 Å². The molecule has 3 nitrogen and oxygen atoms in total. The number of carbonyl (C=O) groups is 1. The van der Waals surface area contributed by atoms with Crippen LogP contribution >= 0.6 is 0 Å². The Kier molecular flexibility index (Phi) is 3.75. The van der Waals surface area contributed by atoms with E-state index in [1.807, 2.05) is 54.6 Å². The van der Waals surface area contributed by atoms with Crippen LogP contribution in [-0.2, 0) is 6.54 Å². The van der Waals surface area contributed by atoms with Crippen molar-refractivity contribution in [2.45, 2.75) is 6.54 Å². The second-order valence-electron chi connectivity index (χ2n) is 4.10. The second-order valence-corrected chi connectivity index (χ2v) is 4.10. The molecule has 0 spiro atoms. The predicted molar refractivity (Wildman–Crippen MR) is 73.5 cm³/mol. The molecule has 0 atom stereocenters. The first kappa shape index (κ1) is 12.3. The second kappa shape index (κ2) is 5.47. The van der Waals surface area contributed by atoms with Crippen LogP contribution in [0.15, 0.2) is 54.6 Å². The molecule has 2 N–H and O–H groups in total. The Hall–Kier alpha value is -2.13. The Morgan fingerprint density at radius 1 is 1.06 bits per heavy atom. The van der Waals surface area contributed by atoms with Crippen LogP contribution in [0.1, 0.15) is 15.9 Å². The van der Waals surface area contributed by atoms with E-state index in [1.165, 1.54) is 0 Å². The zero-order chi connectivity index (χ0) is 13.0. The normalized spacial score (nSPS) is 10.1. The van der Waals surface area contributed by atoms with Crippen molar-refractivity contribution in [3.05, 3.63) is 65.7 Å². The van der Waals surface area contributed by atoms with Gasteiger partial charge >= 0.3 is 0 Å². The highest BCUT2D eigenvalue weighted by molar-refractivity contribution is 6.05. The Morgan fingerprint density at radius 3 is 2.22 bits per heavy atom. The molecule has 18 heavy (non-hydrogen) atoms. The third-order valence-corrected chi connectivity index (χ3v) is 2.88. The Labute approximate surface area is 107 Å². The quantitative estimate of drug-likeness (QED) is 0.895. The third-order valence-electron chi connectivity index (χ3n) is 2.88. The largest absolute Gasteiger partial charge is 0.326 e. The molecule has 0 unspecified atom stereocenters. The molecule has 0 aromatic heterocycles. The summed E-state index contributed by atoms with van der Waals surface area (Å²) in [5.74, 6) is -0.0175. The van der Waals surface area contributed by atoms with Crippen molar-refractivity contribution in [1.29, 1.82) is 0 Å². The molecule has 92 valence electrons. The summed E-state index contributed by atoms with van der Waals surface area (Å²) in [4.78, 5) is 13.8. The molecule has 0 aliphatic rings. The summed E-state index contributed by atoms with van der Waals surface area (Å²) in [6.07, 6.45) is 0. The number of amides is 1. The van der Waals surface area contributed by atoms with Gasteiger partial charge in [0.25, 0.3) is 5.91 Å². The summed E-state index contributed by atoms with van der Waals surface area (Å²) < 4.78 is 0. The number of benzene rings is 2. The lowest BCUT2D eigenvalue weighted by molar-refractivity contribution is 0.0993. The monoisotopic (exact) mass is 240 g/mol. The van der Waals surface area contributed by atoms with Crippen LogP contribution in [-0.4, -0.2) is 13.0 Å². The van der Waals surface area contributed by atoms with Gasteiger partial charge in [0.2, 0.25) is 0 Å². The highest BCUT2D eigenvalue weighted by atomic mass is 16.2. The van der Waals surface area contributed by atoms with Gasteiger partial charge < -0.3 is 10.6 Å². The first-order valence-corrected chi connectivity index (χ1v) is 5.84. The fourth-order valence-electron chi connectivity index (χ4n) is 1.75. The molecule has 2 aromatic carbocycles. The SMILES string of the molecule is CN(C(=O)c1ccccc1)c1ccc(CN)cc1. The minimum Gasteiger partial charge on any atom is -0.326 e. The van der Waals surface area contributed by atoms with Gasteiger partial charge in [0, 0.05) is 24.8 Å². The van der Waals surface area contributed by atoms with Crippen LogP contribution in [0, 0.1) is 0 Å². The van der Waals surface area contributed by atoms with Gasteiger partial charge in [0.1, 0.15) is 0 Å². The van der Waals surface area contributed by atoms with Gasteiger partial charge in [-0.25, -0.2) is 0 Å². The third kappa shape index (κ3) is 2.57. The van der Waals surface area contributed by atoms with E-state index in [0.717, 1.165) is 11.3 Å². The van der Waals surface area contributed by atoms with Crippen molar-refractivity contribution in [3.8, 4) is 0 Å². The molecule has 0 saturated heterocycles. The summed E-state index contributed by atoms with van der Waals surface area (Å²) in [5, 5.41) is 0. The smallest absolute Gasteiger partial charge is 0.258 e. The number of rotatable bonds is 3. The van der Waals surface area contributed by atoms with Crippen LogP contribution in [0.25, 0.3) is 0 Å². The maximum atomic E-state index is 12.2. The maximum absolute atomic E-state index is 12.2. The first-order valence-electron chi connectivity index (χ1n) is 5.84. The number of hydrogen-bond donors (Lipinski definition) is 1. The summed E-state index contributed by atoms with van der Waals surface area (Å²) >= 11 is 0. The maximum Gasteiger partial charge on any atom is 0.258 e. The Morgan fingerprint density at radius 2 is 1.67 bits per heavy atom. The molecule has 0 bridgehead atoms. The lowest BCUT2D eigenvalue weighted by Crippen LogP contribution is -2.26. The summed E-state index contributed by atoms with van der Waals surface area (Å²) in [5.41, 5.74) is 8.15. The fourth-order valence-corrected chi connectivity index (χ4v) is 1.75. The van der Waals surface area contributed by atoms with E-state index in [0.29, 0.717) is 12.1 Å². The lowest BCUT2D eigenvalue weighted by atomic mass is 10.1. The van der Waals surface area contributed by atoms with Crippen molar-refractivity contribution < 1.29 is 4.79 Å². The van der Waals surface area contributed by atoms with Gasteiger partial charge in [-0.15, -0.1) is 0 Å². The van der Waals surface area contributed by atoms with Crippen LogP contribution in [0.4, 0.5) is 5.69 Å². The van der Waals surface area contributed by atoms with Crippen molar-refractivity contribution in [2.24, 2.45) is 5.73 Å². The van der Waals surface area contributed by atoms with Gasteiger partial charge in [-0.1, -0.05) is 30.3 Å². The zero-order valence-electron chi connectivity index (χ0n) is 10.3. The van der Waals surface area contributed by atoms with Crippen molar-refractivity contribution in [2.75, 3.05) is 11.9 Å².